The highest BCUT2D eigenvalue weighted by Gasteiger charge is 2.39. The molecule has 1 N–H and O–H groups in total. The Morgan fingerprint density at radius 2 is 1.74 bits per heavy atom. The summed E-state index contributed by atoms with van der Waals surface area (Å²) in [6, 6.07) is 16.7. The SMILES string of the molecule is Cc1ccc(C2=C(Nc3ccc(C)c(Cl)c3)C(=O)N(Cc3ccccn3)C2=O)c(C)c1. The number of amides is 2. The molecule has 31 heavy (non-hydrogen) atoms. The summed E-state index contributed by atoms with van der Waals surface area (Å²) >= 11 is 6.27. The topological polar surface area (TPSA) is 62.3 Å². The largest absolute Gasteiger partial charge is 0.350 e. The van der Waals surface area contributed by atoms with Gasteiger partial charge in [0.15, 0.2) is 0 Å². The number of benzene rings is 2. The second-order valence-corrected chi connectivity index (χ2v) is 8.08. The van der Waals surface area contributed by atoms with Crippen LogP contribution in [0.3, 0.4) is 0 Å². The van der Waals surface area contributed by atoms with Crippen molar-refractivity contribution in [3.63, 3.8) is 0 Å². The molecule has 0 spiro atoms. The van der Waals surface area contributed by atoms with E-state index >= 15 is 0 Å². The maximum absolute atomic E-state index is 13.4. The van der Waals surface area contributed by atoms with Crippen molar-refractivity contribution in [2.24, 2.45) is 0 Å². The highest BCUT2D eigenvalue weighted by Crippen LogP contribution is 2.34. The number of carbonyl (C=O) groups is 2. The average Bonchev–Trinajstić information content (AvgIpc) is 2.96. The van der Waals surface area contributed by atoms with E-state index in [1.807, 2.05) is 57.2 Å². The van der Waals surface area contributed by atoms with Gasteiger partial charge in [0.05, 0.1) is 17.8 Å². The molecule has 1 aliphatic heterocycles. The fourth-order valence-corrected chi connectivity index (χ4v) is 3.83. The number of halogens is 1. The van der Waals surface area contributed by atoms with Crippen LogP contribution in [0.25, 0.3) is 5.57 Å². The summed E-state index contributed by atoms with van der Waals surface area (Å²) in [7, 11) is 0. The lowest BCUT2D eigenvalue weighted by Crippen LogP contribution is -2.32. The Morgan fingerprint density at radius 3 is 2.42 bits per heavy atom. The number of anilines is 1. The van der Waals surface area contributed by atoms with E-state index in [1.54, 1.807) is 24.4 Å². The number of pyridine rings is 1. The summed E-state index contributed by atoms with van der Waals surface area (Å²) in [4.78, 5) is 32.3. The van der Waals surface area contributed by atoms with Crippen LogP contribution in [-0.2, 0) is 16.1 Å². The molecule has 3 aromatic rings. The van der Waals surface area contributed by atoms with E-state index in [4.69, 9.17) is 11.6 Å². The first-order chi connectivity index (χ1) is 14.8. The average molecular weight is 432 g/mol. The van der Waals surface area contributed by atoms with Crippen molar-refractivity contribution in [1.29, 1.82) is 0 Å². The third-order valence-electron chi connectivity index (χ3n) is 5.31. The van der Waals surface area contributed by atoms with Gasteiger partial charge in [-0.05, 0) is 61.7 Å². The van der Waals surface area contributed by atoms with Crippen LogP contribution in [0.5, 0.6) is 0 Å². The van der Waals surface area contributed by atoms with Gasteiger partial charge in [0, 0.05) is 16.9 Å². The van der Waals surface area contributed by atoms with E-state index in [0.717, 1.165) is 22.3 Å². The molecule has 0 radical (unpaired) electrons. The number of nitrogens with one attached hydrogen (secondary N) is 1. The summed E-state index contributed by atoms with van der Waals surface area (Å²) in [5, 5.41) is 3.74. The third kappa shape index (κ3) is 4.09. The van der Waals surface area contributed by atoms with E-state index < -0.39 is 0 Å². The second-order valence-electron chi connectivity index (χ2n) is 7.67. The second kappa shape index (κ2) is 8.36. The smallest absolute Gasteiger partial charge is 0.278 e. The van der Waals surface area contributed by atoms with Crippen LogP contribution in [-0.4, -0.2) is 21.7 Å². The molecule has 0 fully saturated rings. The Hall–Kier alpha value is -3.44. The zero-order valence-corrected chi connectivity index (χ0v) is 18.3. The molecule has 4 rings (SSSR count). The molecule has 0 bridgehead atoms. The molecular formula is C25H22ClN3O2. The molecule has 156 valence electrons. The normalized spacial score (nSPS) is 13.9. The van der Waals surface area contributed by atoms with Gasteiger partial charge in [-0.3, -0.25) is 19.5 Å². The van der Waals surface area contributed by atoms with Crippen molar-refractivity contribution in [2.45, 2.75) is 27.3 Å². The highest BCUT2D eigenvalue weighted by atomic mass is 35.5. The van der Waals surface area contributed by atoms with Crippen LogP contribution in [0.2, 0.25) is 5.02 Å². The van der Waals surface area contributed by atoms with Crippen molar-refractivity contribution in [3.05, 3.63) is 99.5 Å². The highest BCUT2D eigenvalue weighted by molar-refractivity contribution is 6.37. The number of carbonyl (C=O) groups excluding carboxylic acids is 2. The number of rotatable bonds is 5. The molecule has 0 saturated heterocycles. The monoisotopic (exact) mass is 431 g/mol. The van der Waals surface area contributed by atoms with E-state index in [-0.39, 0.29) is 24.1 Å². The Morgan fingerprint density at radius 1 is 0.935 bits per heavy atom. The molecule has 1 aliphatic rings. The predicted molar refractivity (Wildman–Crippen MR) is 122 cm³/mol. The van der Waals surface area contributed by atoms with Gasteiger partial charge in [0.25, 0.3) is 11.8 Å². The lowest BCUT2D eigenvalue weighted by atomic mass is 9.97. The lowest BCUT2D eigenvalue weighted by molar-refractivity contribution is -0.137. The lowest BCUT2D eigenvalue weighted by Gasteiger charge is -2.15. The molecule has 2 heterocycles. The predicted octanol–water partition coefficient (Wildman–Crippen LogP) is 5.05. The molecule has 2 amide bonds. The van der Waals surface area contributed by atoms with Crippen LogP contribution in [0.4, 0.5) is 5.69 Å². The van der Waals surface area contributed by atoms with Crippen molar-refractivity contribution >= 4 is 34.7 Å². The summed E-state index contributed by atoms with van der Waals surface area (Å²) in [5.74, 6) is -0.731. The Balaban J connectivity index is 1.79. The van der Waals surface area contributed by atoms with Gasteiger partial charge in [-0.1, -0.05) is 47.5 Å². The van der Waals surface area contributed by atoms with Crippen LogP contribution in [0, 0.1) is 20.8 Å². The number of hydrogen-bond acceptors (Lipinski definition) is 4. The minimum atomic E-state index is -0.387. The summed E-state index contributed by atoms with van der Waals surface area (Å²) in [6.45, 7) is 5.94. The van der Waals surface area contributed by atoms with E-state index in [0.29, 0.717) is 22.0 Å². The van der Waals surface area contributed by atoms with Gasteiger partial charge in [-0.25, -0.2) is 0 Å². The van der Waals surface area contributed by atoms with E-state index in [2.05, 4.69) is 10.3 Å². The Kier molecular flexibility index (Phi) is 5.61. The van der Waals surface area contributed by atoms with Crippen LogP contribution < -0.4 is 5.32 Å². The van der Waals surface area contributed by atoms with Crippen LogP contribution >= 0.6 is 11.6 Å². The fraction of sp³-hybridized carbons (Fsp3) is 0.160. The first-order valence-electron chi connectivity index (χ1n) is 9.96. The molecular weight excluding hydrogens is 410 g/mol. The maximum Gasteiger partial charge on any atom is 0.278 e. The summed E-state index contributed by atoms with van der Waals surface area (Å²) in [6.07, 6.45) is 1.65. The molecule has 0 aliphatic carbocycles. The van der Waals surface area contributed by atoms with Gasteiger partial charge < -0.3 is 5.32 Å². The summed E-state index contributed by atoms with van der Waals surface area (Å²) < 4.78 is 0. The minimum Gasteiger partial charge on any atom is -0.350 e. The first kappa shape index (κ1) is 20.8. The zero-order chi connectivity index (χ0) is 22.1. The molecule has 2 aromatic carbocycles. The molecule has 6 heteroatoms. The van der Waals surface area contributed by atoms with Gasteiger partial charge in [0.2, 0.25) is 0 Å². The standard InChI is InChI=1S/C25H22ClN3O2/c1-15-7-10-20(17(3)12-15)22-23(28-18-9-8-16(2)21(26)13-18)25(31)29(24(22)30)14-19-6-4-5-11-27-19/h4-13,28H,14H2,1-3H3. The van der Waals surface area contributed by atoms with E-state index in [1.165, 1.54) is 4.90 Å². The molecule has 1 aromatic heterocycles. The minimum absolute atomic E-state index is 0.104. The number of imide groups is 1. The van der Waals surface area contributed by atoms with Crippen molar-refractivity contribution in [3.8, 4) is 0 Å². The molecule has 0 saturated carbocycles. The van der Waals surface area contributed by atoms with Gasteiger partial charge >= 0.3 is 0 Å². The van der Waals surface area contributed by atoms with Gasteiger partial charge in [0.1, 0.15) is 5.70 Å². The van der Waals surface area contributed by atoms with Crippen molar-refractivity contribution in [2.75, 3.05) is 5.32 Å². The Labute approximate surface area is 186 Å². The fourth-order valence-electron chi connectivity index (χ4n) is 3.65. The number of aryl methyl sites for hydroxylation is 3. The van der Waals surface area contributed by atoms with Gasteiger partial charge in [-0.2, -0.15) is 0 Å². The molecule has 5 nitrogen and oxygen atoms in total. The van der Waals surface area contributed by atoms with Gasteiger partial charge in [-0.15, -0.1) is 0 Å². The van der Waals surface area contributed by atoms with Crippen LogP contribution in [0.15, 0.2) is 66.5 Å². The maximum atomic E-state index is 13.4. The molecule has 0 atom stereocenters. The first-order valence-corrected chi connectivity index (χ1v) is 10.3. The quantitative estimate of drug-likeness (QED) is 0.574. The van der Waals surface area contributed by atoms with E-state index in [9.17, 15) is 9.59 Å². The number of hydrogen-bond donors (Lipinski definition) is 1. The summed E-state index contributed by atoms with van der Waals surface area (Å²) in [5.41, 5.74) is 5.57. The molecule has 0 unspecified atom stereocenters. The Bertz CT molecular complexity index is 1220. The number of nitrogens with zero attached hydrogens (tertiary/aromatic N) is 2. The third-order valence-corrected chi connectivity index (χ3v) is 5.71. The zero-order valence-electron chi connectivity index (χ0n) is 17.6. The van der Waals surface area contributed by atoms with Crippen molar-refractivity contribution in [1.82, 2.24) is 9.88 Å². The number of aromatic nitrogens is 1. The van der Waals surface area contributed by atoms with Crippen molar-refractivity contribution < 1.29 is 9.59 Å². The van der Waals surface area contributed by atoms with Crippen LogP contribution in [0.1, 0.15) is 27.9 Å².